The van der Waals surface area contributed by atoms with Gasteiger partial charge in [-0.15, -0.1) is 0 Å². The highest BCUT2D eigenvalue weighted by molar-refractivity contribution is 5.81. The number of hydrogen-bond donors (Lipinski definition) is 2. The Bertz CT molecular complexity index is 387. The molecule has 3 N–H and O–H groups in total. The zero-order chi connectivity index (χ0) is 12.1. The first kappa shape index (κ1) is 12.4. The topological polar surface area (TPSA) is 67.8 Å². The highest BCUT2D eigenvalue weighted by Crippen LogP contribution is 2.27. The Labute approximate surface area is 95.7 Å². The molecule has 1 aromatic carbocycles. The van der Waals surface area contributed by atoms with Crippen LogP contribution < -0.4 is 10.5 Å². The van der Waals surface area contributed by atoms with Crippen LogP contribution in [0.3, 0.4) is 0 Å². The molecule has 0 atom stereocenters. The fourth-order valence-electron chi connectivity index (χ4n) is 1.42. The predicted molar refractivity (Wildman–Crippen MR) is 64.2 cm³/mol. The predicted octanol–water partition coefficient (Wildman–Crippen LogP) is 2.24. The first-order valence-corrected chi connectivity index (χ1v) is 5.24. The summed E-state index contributed by atoms with van der Waals surface area (Å²) >= 11 is 0. The van der Waals surface area contributed by atoms with Crippen LogP contribution in [0.4, 0.5) is 0 Å². The molecule has 0 radical (unpaired) electrons. The van der Waals surface area contributed by atoms with Crippen LogP contribution in [0.2, 0.25) is 0 Å². The molecule has 0 aliphatic rings. The van der Waals surface area contributed by atoms with E-state index in [9.17, 15) is 0 Å². The molecule has 0 bridgehead atoms. The van der Waals surface area contributed by atoms with E-state index in [1.165, 1.54) is 0 Å². The molecular weight excluding hydrogens is 204 g/mol. The van der Waals surface area contributed by atoms with E-state index in [0.29, 0.717) is 5.92 Å². The van der Waals surface area contributed by atoms with Crippen molar-refractivity contribution in [2.75, 3.05) is 6.61 Å². The highest BCUT2D eigenvalue weighted by Gasteiger charge is 2.08. The number of rotatable bonds is 4. The van der Waals surface area contributed by atoms with Crippen molar-refractivity contribution in [2.24, 2.45) is 10.9 Å². The van der Waals surface area contributed by atoms with Gasteiger partial charge in [-0.3, -0.25) is 0 Å². The van der Waals surface area contributed by atoms with Crippen LogP contribution in [0, 0.1) is 6.92 Å². The maximum absolute atomic E-state index is 8.43. The van der Waals surface area contributed by atoms with E-state index < -0.39 is 0 Å². The summed E-state index contributed by atoms with van der Waals surface area (Å²) in [5.74, 6) is 1.24. The number of aryl methyl sites for hydroxylation is 1. The van der Waals surface area contributed by atoms with Crippen LogP contribution in [0.5, 0.6) is 5.75 Å². The van der Waals surface area contributed by atoms with Crippen LogP contribution in [0.15, 0.2) is 23.4 Å². The van der Waals surface area contributed by atoms with E-state index in [2.05, 4.69) is 19.0 Å². The third-order valence-electron chi connectivity index (χ3n) is 2.30. The van der Waals surface area contributed by atoms with Crippen LogP contribution in [-0.4, -0.2) is 17.6 Å². The van der Waals surface area contributed by atoms with E-state index in [0.717, 1.165) is 16.9 Å². The van der Waals surface area contributed by atoms with Crippen molar-refractivity contribution in [3.63, 3.8) is 0 Å². The summed E-state index contributed by atoms with van der Waals surface area (Å²) in [7, 11) is 0. The summed E-state index contributed by atoms with van der Waals surface area (Å²) in [4.78, 5) is 0. The molecule has 0 saturated heterocycles. The SMILES string of the molecule is Cc1ccc(C(C)C)c(OC/C(N)=N/O)c1. The number of nitrogens with two attached hydrogens (primary N) is 1. The van der Waals surface area contributed by atoms with Crippen LogP contribution in [-0.2, 0) is 0 Å². The lowest BCUT2D eigenvalue weighted by atomic mass is 10.0. The zero-order valence-corrected chi connectivity index (χ0v) is 9.90. The van der Waals surface area contributed by atoms with E-state index in [4.69, 9.17) is 15.7 Å². The minimum atomic E-state index is 0.0659. The van der Waals surface area contributed by atoms with Gasteiger partial charge < -0.3 is 15.7 Å². The highest BCUT2D eigenvalue weighted by atomic mass is 16.5. The second kappa shape index (κ2) is 5.39. The molecule has 4 nitrogen and oxygen atoms in total. The minimum Gasteiger partial charge on any atom is -0.485 e. The van der Waals surface area contributed by atoms with Gasteiger partial charge in [0.2, 0.25) is 0 Å². The Morgan fingerprint density at radius 3 is 2.75 bits per heavy atom. The summed E-state index contributed by atoms with van der Waals surface area (Å²) in [6.07, 6.45) is 0. The summed E-state index contributed by atoms with van der Waals surface area (Å²) in [6.45, 7) is 6.29. The van der Waals surface area contributed by atoms with Gasteiger partial charge in [-0.1, -0.05) is 31.1 Å². The van der Waals surface area contributed by atoms with Crippen molar-refractivity contribution in [1.29, 1.82) is 0 Å². The van der Waals surface area contributed by atoms with Gasteiger partial charge in [-0.2, -0.15) is 0 Å². The van der Waals surface area contributed by atoms with Crippen molar-refractivity contribution < 1.29 is 9.94 Å². The first-order chi connectivity index (χ1) is 7.54. The molecule has 0 unspecified atom stereocenters. The lowest BCUT2D eigenvalue weighted by molar-refractivity contribution is 0.305. The van der Waals surface area contributed by atoms with Gasteiger partial charge >= 0.3 is 0 Å². The molecule has 0 saturated carbocycles. The lowest BCUT2D eigenvalue weighted by Gasteiger charge is -2.14. The molecule has 0 spiro atoms. The summed E-state index contributed by atoms with van der Waals surface area (Å²) in [5, 5.41) is 11.3. The monoisotopic (exact) mass is 222 g/mol. The second-order valence-electron chi connectivity index (χ2n) is 4.08. The zero-order valence-electron chi connectivity index (χ0n) is 9.90. The Morgan fingerprint density at radius 2 is 2.19 bits per heavy atom. The maximum Gasteiger partial charge on any atom is 0.177 e. The average Bonchev–Trinajstić information content (AvgIpc) is 2.25. The number of benzene rings is 1. The molecule has 1 aromatic rings. The van der Waals surface area contributed by atoms with Gasteiger partial charge in [0.25, 0.3) is 0 Å². The lowest BCUT2D eigenvalue weighted by Crippen LogP contribution is -2.21. The third-order valence-corrected chi connectivity index (χ3v) is 2.30. The van der Waals surface area contributed by atoms with Crippen molar-refractivity contribution in [3.8, 4) is 5.75 Å². The third kappa shape index (κ3) is 3.15. The number of oxime groups is 1. The fourth-order valence-corrected chi connectivity index (χ4v) is 1.42. The average molecular weight is 222 g/mol. The van der Waals surface area contributed by atoms with Crippen molar-refractivity contribution >= 4 is 5.84 Å². The minimum absolute atomic E-state index is 0.0659. The van der Waals surface area contributed by atoms with Crippen LogP contribution >= 0.6 is 0 Å². The Balaban J connectivity index is 2.88. The van der Waals surface area contributed by atoms with E-state index >= 15 is 0 Å². The first-order valence-electron chi connectivity index (χ1n) is 5.24. The smallest absolute Gasteiger partial charge is 0.177 e. The normalized spacial score (nSPS) is 11.9. The molecule has 0 amide bonds. The van der Waals surface area contributed by atoms with Gasteiger partial charge in [-0.05, 0) is 30.0 Å². The molecule has 0 heterocycles. The largest absolute Gasteiger partial charge is 0.485 e. The van der Waals surface area contributed by atoms with Crippen LogP contribution in [0.1, 0.15) is 30.9 Å². The van der Waals surface area contributed by atoms with Crippen molar-refractivity contribution in [1.82, 2.24) is 0 Å². The van der Waals surface area contributed by atoms with E-state index in [1.54, 1.807) is 0 Å². The van der Waals surface area contributed by atoms with Gasteiger partial charge in [0, 0.05) is 0 Å². The maximum atomic E-state index is 8.43. The molecule has 0 aliphatic heterocycles. The van der Waals surface area contributed by atoms with Gasteiger partial charge in [0.15, 0.2) is 5.84 Å². The van der Waals surface area contributed by atoms with Gasteiger partial charge in [0.1, 0.15) is 12.4 Å². The Kier molecular flexibility index (Phi) is 4.17. The molecular formula is C12H18N2O2. The van der Waals surface area contributed by atoms with Crippen molar-refractivity contribution in [2.45, 2.75) is 26.7 Å². The molecule has 0 fully saturated rings. The standard InChI is InChI=1S/C12H18N2O2/c1-8(2)10-5-4-9(3)6-11(10)16-7-12(13)14-15/h4-6,8,15H,7H2,1-3H3,(H2,13,14). The molecule has 0 aromatic heterocycles. The quantitative estimate of drug-likeness (QED) is 0.355. The number of hydrogen-bond acceptors (Lipinski definition) is 3. The second-order valence-corrected chi connectivity index (χ2v) is 4.08. The van der Waals surface area contributed by atoms with Gasteiger partial charge in [-0.25, -0.2) is 0 Å². The fraction of sp³-hybridized carbons (Fsp3) is 0.417. The molecule has 16 heavy (non-hydrogen) atoms. The molecule has 1 rings (SSSR count). The molecule has 88 valence electrons. The Hall–Kier alpha value is -1.71. The number of nitrogens with zero attached hydrogens (tertiary/aromatic N) is 1. The molecule has 4 heteroatoms. The summed E-state index contributed by atoms with van der Waals surface area (Å²) in [6, 6.07) is 6.05. The van der Waals surface area contributed by atoms with Crippen molar-refractivity contribution in [3.05, 3.63) is 29.3 Å². The van der Waals surface area contributed by atoms with E-state index in [-0.39, 0.29) is 12.4 Å². The van der Waals surface area contributed by atoms with E-state index in [1.807, 2.05) is 25.1 Å². The Morgan fingerprint density at radius 1 is 1.50 bits per heavy atom. The van der Waals surface area contributed by atoms with Gasteiger partial charge in [0.05, 0.1) is 0 Å². The molecule has 0 aliphatic carbocycles. The number of ether oxygens (including phenoxy) is 1. The summed E-state index contributed by atoms with van der Waals surface area (Å²) in [5.41, 5.74) is 7.61. The number of amidine groups is 1. The summed E-state index contributed by atoms with van der Waals surface area (Å²) < 4.78 is 5.52. The van der Waals surface area contributed by atoms with Crippen LogP contribution in [0.25, 0.3) is 0 Å².